The number of rotatable bonds is 1. The average Bonchev–Trinajstić information content (AvgIpc) is 2.45. The van der Waals surface area contributed by atoms with Crippen molar-refractivity contribution in [3.8, 4) is 0 Å². The van der Waals surface area contributed by atoms with Gasteiger partial charge in [-0.2, -0.15) is 0 Å². The Labute approximate surface area is 92.0 Å². The Kier molecular flexibility index (Phi) is 2.49. The lowest BCUT2D eigenvalue weighted by Gasteiger charge is -2.10. The van der Waals surface area contributed by atoms with E-state index >= 15 is 0 Å². The van der Waals surface area contributed by atoms with Crippen molar-refractivity contribution in [3.05, 3.63) is 34.3 Å². The van der Waals surface area contributed by atoms with E-state index in [1.165, 1.54) is 0 Å². The van der Waals surface area contributed by atoms with E-state index in [-0.39, 0.29) is 6.42 Å². The quantitative estimate of drug-likeness (QED) is 0.543. The molecule has 1 saturated heterocycles. The first-order valence-electron chi connectivity index (χ1n) is 4.59. The minimum absolute atomic E-state index is 0.0867. The van der Waals surface area contributed by atoms with Crippen LogP contribution in [0.25, 0.3) is 0 Å². The summed E-state index contributed by atoms with van der Waals surface area (Å²) in [7, 11) is 0. The van der Waals surface area contributed by atoms with Crippen molar-refractivity contribution >= 4 is 23.5 Å². The summed E-state index contributed by atoms with van der Waals surface area (Å²) < 4.78 is 4.50. The number of hydrogen-bond donors (Lipinski definition) is 0. The predicted molar refractivity (Wildman–Crippen MR) is 54.6 cm³/mol. The largest absolute Gasteiger partial charge is 0.393 e. The molecule has 0 radical (unpaired) electrons. The monoisotopic (exact) mass is 224 g/mol. The third-order valence-corrected chi connectivity index (χ3v) is 2.82. The molecule has 1 fully saturated rings. The average molecular weight is 225 g/mol. The number of ether oxygens (including phenoxy) is 1. The zero-order valence-corrected chi connectivity index (χ0v) is 8.88. The number of aryl methyl sites for hydroxylation is 1. The first-order chi connectivity index (χ1) is 7.09. The van der Waals surface area contributed by atoms with E-state index < -0.39 is 17.9 Å². The van der Waals surface area contributed by atoms with E-state index in [0.29, 0.717) is 10.6 Å². The summed E-state index contributed by atoms with van der Waals surface area (Å²) in [6.07, 6.45) is 0.0867. The highest BCUT2D eigenvalue weighted by molar-refractivity contribution is 6.31. The van der Waals surface area contributed by atoms with Crippen LogP contribution in [-0.4, -0.2) is 11.9 Å². The van der Waals surface area contributed by atoms with Gasteiger partial charge in [-0.3, -0.25) is 9.59 Å². The molecule has 0 aliphatic carbocycles. The van der Waals surface area contributed by atoms with E-state index in [1.54, 1.807) is 6.07 Å². The van der Waals surface area contributed by atoms with Gasteiger partial charge in [0.2, 0.25) is 0 Å². The molecule has 0 bridgehead atoms. The van der Waals surface area contributed by atoms with Crippen LogP contribution < -0.4 is 0 Å². The van der Waals surface area contributed by atoms with Gasteiger partial charge >= 0.3 is 11.9 Å². The minimum Gasteiger partial charge on any atom is -0.393 e. The molecule has 1 heterocycles. The summed E-state index contributed by atoms with van der Waals surface area (Å²) in [5.74, 6) is -1.52. The summed E-state index contributed by atoms with van der Waals surface area (Å²) in [6, 6.07) is 5.38. The second kappa shape index (κ2) is 3.66. The zero-order valence-electron chi connectivity index (χ0n) is 8.12. The fourth-order valence-corrected chi connectivity index (χ4v) is 2.13. The van der Waals surface area contributed by atoms with Crippen LogP contribution in [0.1, 0.15) is 23.5 Å². The molecule has 0 amide bonds. The molecule has 0 spiro atoms. The Morgan fingerprint density at radius 3 is 2.67 bits per heavy atom. The van der Waals surface area contributed by atoms with Gasteiger partial charge in [0.05, 0.1) is 12.3 Å². The van der Waals surface area contributed by atoms with E-state index in [1.807, 2.05) is 19.1 Å². The minimum atomic E-state index is -0.536. The van der Waals surface area contributed by atoms with Crippen molar-refractivity contribution in [1.82, 2.24) is 0 Å². The third-order valence-electron chi connectivity index (χ3n) is 2.49. The van der Waals surface area contributed by atoms with Gasteiger partial charge < -0.3 is 4.74 Å². The van der Waals surface area contributed by atoms with Crippen molar-refractivity contribution in [3.63, 3.8) is 0 Å². The number of cyclic esters (lactones) is 2. The van der Waals surface area contributed by atoms with Gasteiger partial charge in [-0.15, -0.1) is 0 Å². The molecular formula is C11H9ClO3. The molecule has 15 heavy (non-hydrogen) atoms. The first kappa shape index (κ1) is 10.2. The van der Waals surface area contributed by atoms with Crippen molar-refractivity contribution in [2.24, 2.45) is 0 Å². The lowest BCUT2D eigenvalue weighted by Crippen LogP contribution is -2.07. The van der Waals surface area contributed by atoms with Crippen molar-refractivity contribution in [2.75, 3.05) is 0 Å². The number of carbonyl (C=O) groups is 2. The van der Waals surface area contributed by atoms with Gasteiger partial charge in [0, 0.05) is 5.02 Å². The maximum absolute atomic E-state index is 11.4. The fraction of sp³-hybridized carbons (Fsp3) is 0.273. The summed E-state index contributed by atoms with van der Waals surface area (Å²) in [5, 5.41) is 0.506. The molecule has 1 atom stereocenters. The summed E-state index contributed by atoms with van der Waals surface area (Å²) in [4.78, 5) is 22.4. The van der Waals surface area contributed by atoms with Crippen LogP contribution in [0.5, 0.6) is 0 Å². The topological polar surface area (TPSA) is 43.4 Å². The normalized spacial score (nSPS) is 20.5. The van der Waals surface area contributed by atoms with Gasteiger partial charge in [0.25, 0.3) is 0 Å². The molecule has 1 aromatic carbocycles. The Bertz CT molecular complexity index is 419. The van der Waals surface area contributed by atoms with Gasteiger partial charge in [-0.25, -0.2) is 0 Å². The number of halogens is 1. The molecule has 1 aliphatic heterocycles. The number of esters is 2. The van der Waals surface area contributed by atoms with Crippen molar-refractivity contribution < 1.29 is 14.3 Å². The first-order valence-corrected chi connectivity index (χ1v) is 4.97. The highest BCUT2D eigenvalue weighted by atomic mass is 35.5. The van der Waals surface area contributed by atoms with E-state index in [0.717, 1.165) is 5.56 Å². The second-order valence-electron chi connectivity index (χ2n) is 3.52. The van der Waals surface area contributed by atoms with Crippen LogP contribution in [0.4, 0.5) is 0 Å². The van der Waals surface area contributed by atoms with Gasteiger partial charge in [-0.05, 0) is 24.1 Å². The van der Waals surface area contributed by atoms with Crippen molar-refractivity contribution in [2.45, 2.75) is 19.3 Å². The van der Waals surface area contributed by atoms with E-state index in [2.05, 4.69) is 4.74 Å². The van der Waals surface area contributed by atoms with Crippen LogP contribution >= 0.6 is 11.6 Å². The molecule has 1 unspecified atom stereocenters. The van der Waals surface area contributed by atoms with Crippen LogP contribution in [0.15, 0.2) is 18.2 Å². The maximum atomic E-state index is 11.4. The Morgan fingerprint density at radius 2 is 2.13 bits per heavy atom. The maximum Gasteiger partial charge on any atom is 0.321 e. The van der Waals surface area contributed by atoms with Crippen LogP contribution in [-0.2, 0) is 14.3 Å². The molecule has 1 aromatic rings. The van der Waals surface area contributed by atoms with Gasteiger partial charge in [0.1, 0.15) is 0 Å². The molecule has 78 valence electrons. The van der Waals surface area contributed by atoms with E-state index in [4.69, 9.17) is 11.6 Å². The molecule has 0 N–H and O–H groups in total. The standard InChI is InChI=1S/C11H9ClO3/c1-6-3-2-4-8(12)10(6)7-5-9(13)15-11(7)14/h2-4,7H,5H2,1H3. The fourth-order valence-electron chi connectivity index (χ4n) is 1.78. The van der Waals surface area contributed by atoms with Gasteiger partial charge in [0.15, 0.2) is 0 Å². The van der Waals surface area contributed by atoms with Crippen LogP contribution in [0.3, 0.4) is 0 Å². The summed E-state index contributed by atoms with van der Waals surface area (Å²) in [6.45, 7) is 1.86. The summed E-state index contributed by atoms with van der Waals surface area (Å²) >= 11 is 6.00. The van der Waals surface area contributed by atoms with E-state index in [9.17, 15) is 9.59 Å². The molecule has 3 nitrogen and oxygen atoms in total. The molecule has 2 rings (SSSR count). The van der Waals surface area contributed by atoms with Crippen molar-refractivity contribution in [1.29, 1.82) is 0 Å². The second-order valence-corrected chi connectivity index (χ2v) is 3.93. The summed E-state index contributed by atoms with van der Waals surface area (Å²) in [5.41, 5.74) is 1.61. The Balaban J connectivity index is 2.46. The molecule has 0 saturated carbocycles. The SMILES string of the molecule is Cc1cccc(Cl)c1C1CC(=O)OC1=O. The highest BCUT2D eigenvalue weighted by Crippen LogP contribution is 2.34. The smallest absolute Gasteiger partial charge is 0.321 e. The van der Waals surface area contributed by atoms with Crippen LogP contribution in [0, 0.1) is 6.92 Å². The Hall–Kier alpha value is -1.35. The molecular weight excluding hydrogens is 216 g/mol. The third kappa shape index (κ3) is 1.75. The number of carbonyl (C=O) groups excluding carboxylic acids is 2. The van der Waals surface area contributed by atoms with Crippen LogP contribution in [0.2, 0.25) is 5.02 Å². The zero-order chi connectivity index (χ0) is 11.0. The predicted octanol–water partition coefficient (Wildman–Crippen LogP) is 2.21. The highest BCUT2D eigenvalue weighted by Gasteiger charge is 2.36. The number of benzene rings is 1. The lowest BCUT2D eigenvalue weighted by molar-refractivity contribution is -0.152. The lowest BCUT2D eigenvalue weighted by atomic mass is 9.93. The van der Waals surface area contributed by atoms with Gasteiger partial charge in [-0.1, -0.05) is 23.7 Å². The molecule has 1 aliphatic rings. The molecule has 0 aromatic heterocycles. The molecule has 4 heteroatoms. The number of hydrogen-bond acceptors (Lipinski definition) is 3. The Morgan fingerprint density at radius 1 is 1.40 bits per heavy atom.